The zero-order valence-electron chi connectivity index (χ0n) is 20.7. The minimum atomic E-state index is 0. The third-order valence-electron chi connectivity index (χ3n) is 6.04. The Kier molecular flexibility index (Phi) is 9.44. The molecule has 1 aliphatic heterocycles. The minimum Gasteiger partial charge on any atom is -0.494 e. The zero-order chi connectivity index (χ0) is 24.4. The summed E-state index contributed by atoms with van der Waals surface area (Å²) in [6.45, 7) is 1.26. The summed E-state index contributed by atoms with van der Waals surface area (Å²) in [5.74, 6) is 1.72. The molecule has 0 radical (unpaired) electrons. The predicted octanol–water partition coefficient (Wildman–Crippen LogP) is 7.50. The minimum absolute atomic E-state index is 0. The fraction of sp³-hybridized carbons (Fsp3) is 0.194. The summed E-state index contributed by atoms with van der Waals surface area (Å²) < 4.78 is 12.0. The highest BCUT2D eigenvalue weighted by Crippen LogP contribution is 2.26. The number of aromatic amines is 2. The second-order valence-corrected chi connectivity index (χ2v) is 8.80. The number of aliphatic imine (C=N–C) groups is 1. The fourth-order valence-corrected chi connectivity index (χ4v) is 4.13. The lowest BCUT2D eigenvalue weighted by molar-refractivity contribution is 0.208. The molecule has 190 valence electrons. The number of halogens is 1. The van der Waals surface area contributed by atoms with E-state index in [1.54, 1.807) is 0 Å². The average Bonchev–Trinajstić information content (AvgIpc) is 3.68. The number of rotatable bonds is 12. The maximum atomic E-state index is 6.18. The molecule has 5 nitrogen and oxygen atoms in total. The molecular formula is C31H32ClN3O2. The van der Waals surface area contributed by atoms with Crippen LogP contribution in [-0.2, 0) is 17.8 Å². The first-order valence-corrected chi connectivity index (χ1v) is 12.5. The summed E-state index contributed by atoms with van der Waals surface area (Å²) in [5.41, 5.74) is 6.05. The van der Waals surface area contributed by atoms with E-state index in [0.29, 0.717) is 6.61 Å². The topological polar surface area (TPSA) is 62.4 Å². The van der Waals surface area contributed by atoms with Crippen LogP contribution < -0.4 is 4.74 Å². The summed E-state index contributed by atoms with van der Waals surface area (Å²) in [6.07, 6.45) is 10.3. The maximum Gasteiger partial charge on any atom is 0.147 e. The number of benzene rings is 2. The largest absolute Gasteiger partial charge is 0.494 e. The van der Waals surface area contributed by atoms with Crippen molar-refractivity contribution in [1.29, 1.82) is 0 Å². The Morgan fingerprint density at radius 1 is 0.784 bits per heavy atom. The number of nitrogens with one attached hydrogen (secondary N) is 2. The molecule has 0 saturated carbocycles. The van der Waals surface area contributed by atoms with Crippen LogP contribution in [0, 0.1) is 0 Å². The number of aromatic nitrogens is 2. The van der Waals surface area contributed by atoms with Crippen molar-refractivity contribution in [3.63, 3.8) is 0 Å². The van der Waals surface area contributed by atoms with Gasteiger partial charge in [0.05, 0.1) is 18.0 Å². The van der Waals surface area contributed by atoms with Crippen LogP contribution in [0.2, 0.25) is 0 Å². The van der Waals surface area contributed by atoms with E-state index in [1.165, 1.54) is 5.69 Å². The average molecular weight is 514 g/mol. The van der Waals surface area contributed by atoms with Crippen molar-refractivity contribution in [3.8, 4) is 5.75 Å². The van der Waals surface area contributed by atoms with Crippen LogP contribution >= 0.6 is 12.4 Å². The molecule has 0 saturated heterocycles. The van der Waals surface area contributed by atoms with Crippen molar-refractivity contribution in [1.82, 2.24) is 9.97 Å². The van der Waals surface area contributed by atoms with Gasteiger partial charge in [-0.1, -0.05) is 48.5 Å². The molecule has 4 aromatic rings. The molecule has 0 atom stereocenters. The van der Waals surface area contributed by atoms with Gasteiger partial charge < -0.3 is 19.4 Å². The second kappa shape index (κ2) is 13.4. The van der Waals surface area contributed by atoms with Gasteiger partial charge in [-0.2, -0.15) is 0 Å². The van der Waals surface area contributed by atoms with Gasteiger partial charge in [-0.25, -0.2) is 4.99 Å². The predicted molar refractivity (Wildman–Crippen MR) is 152 cm³/mol. The number of para-hydroxylation sites is 1. The van der Waals surface area contributed by atoms with E-state index in [0.717, 1.165) is 72.2 Å². The van der Waals surface area contributed by atoms with Gasteiger partial charge in [0, 0.05) is 23.7 Å². The smallest absolute Gasteiger partial charge is 0.147 e. The van der Waals surface area contributed by atoms with Gasteiger partial charge >= 0.3 is 0 Å². The van der Waals surface area contributed by atoms with Gasteiger partial charge in [-0.3, -0.25) is 0 Å². The zero-order valence-corrected chi connectivity index (χ0v) is 21.5. The normalized spacial score (nSPS) is 13.7. The molecule has 0 aliphatic carbocycles. The Balaban J connectivity index is 0.00000320. The van der Waals surface area contributed by atoms with E-state index >= 15 is 0 Å². The van der Waals surface area contributed by atoms with Crippen LogP contribution in [-0.4, -0.2) is 22.3 Å². The van der Waals surface area contributed by atoms with Crippen molar-refractivity contribution in [3.05, 3.63) is 131 Å². The Bertz CT molecular complexity index is 1320. The number of unbranched alkanes of at least 4 members (excludes halogenated alkanes) is 2. The third kappa shape index (κ3) is 7.51. The number of hydrogen-bond acceptors (Lipinski definition) is 3. The molecule has 2 N–H and O–H groups in total. The monoisotopic (exact) mass is 513 g/mol. The van der Waals surface area contributed by atoms with Gasteiger partial charge in [-0.15, -0.1) is 12.4 Å². The molecule has 3 heterocycles. The highest BCUT2D eigenvalue weighted by Gasteiger charge is 2.18. The number of hydrogen-bond donors (Lipinski definition) is 2. The van der Waals surface area contributed by atoms with E-state index in [4.69, 9.17) is 14.5 Å². The maximum absolute atomic E-state index is 6.18. The van der Waals surface area contributed by atoms with E-state index in [9.17, 15) is 0 Å². The van der Waals surface area contributed by atoms with Crippen LogP contribution in [0.25, 0.3) is 6.08 Å². The van der Waals surface area contributed by atoms with Gasteiger partial charge in [0.25, 0.3) is 0 Å². The van der Waals surface area contributed by atoms with Crippen molar-refractivity contribution >= 4 is 24.2 Å². The van der Waals surface area contributed by atoms with E-state index in [2.05, 4.69) is 40.3 Å². The number of ether oxygens (including phenoxy) is 2. The molecule has 2 aromatic carbocycles. The number of allylic oxidation sites excluding steroid dienone is 1. The lowest BCUT2D eigenvalue weighted by atomic mass is 10.1. The van der Waals surface area contributed by atoms with Crippen LogP contribution in [0.5, 0.6) is 5.75 Å². The first-order chi connectivity index (χ1) is 17.8. The lowest BCUT2D eigenvalue weighted by Crippen LogP contribution is -1.97. The van der Waals surface area contributed by atoms with E-state index < -0.39 is 0 Å². The third-order valence-corrected chi connectivity index (χ3v) is 6.04. The molecule has 5 rings (SSSR count). The second-order valence-electron chi connectivity index (χ2n) is 8.80. The van der Waals surface area contributed by atoms with Crippen LogP contribution in [0.3, 0.4) is 0 Å². The molecule has 6 heteroatoms. The lowest BCUT2D eigenvalue weighted by Gasteiger charge is -2.08. The summed E-state index contributed by atoms with van der Waals surface area (Å²) in [5, 5.41) is 0. The summed E-state index contributed by atoms with van der Waals surface area (Å²) in [6, 6.07) is 28.4. The summed E-state index contributed by atoms with van der Waals surface area (Å²) >= 11 is 0. The van der Waals surface area contributed by atoms with Gasteiger partial charge in [0.1, 0.15) is 23.8 Å². The van der Waals surface area contributed by atoms with Crippen molar-refractivity contribution < 1.29 is 9.47 Å². The molecular weight excluding hydrogens is 482 g/mol. The quantitative estimate of drug-likeness (QED) is 0.193. The van der Waals surface area contributed by atoms with Gasteiger partial charge in [-0.05, 0) is 73.7 Å². The molecule has 37 heavy (non-hydrogen) atoms. The van der Waals surface area contributed by atoms with E-state index in [1.807, 2.05) is 72.9 Å². The molecule has 0 fully saturated rings. The van der Waals surface area contributed by atoms with Crippen molar-refractivity contribution in [2.24, 2.45) is 4.99 Å². The molecule has 0 amide bonds. The van der Waals surface area contributed by atoms with Crippen LogP contribution in [0.15, 0.2) is 114 Å². The first-order valence-electron chi connectivity index (χ1n) is 12.5. The molecule has 2 aromatic heterocycles. The highest BCUT2D eigenvalue weighted by atomic mass is 35.5. The molecule has 0 unspecified atom stereocenters. The Labute approximate surface area is 224 Å². The molecule has 0 bridgehead atoms. The van der Waals surface area contributed by atoms with Gasteiger partial charge in [0.15, 0.2) is 0 Å². The highest BCUT2D eigenvalue weighted by molar-refractivity contribution is 6.11. The number of nitrogens with zero attached hydrogens (tertiary/aromatic N) is 1. The number of H-pyrrole nitrogens is 2. The van der Waals surface area contributed by atoms with Gasteiger partial charge in [0.2, 0.25) is 0 Å². The Hall–Kier alpha value is -3.96. The Morgan fingerprint density at radius 3 is 2.38 bits per heavy atom. The Morgan fingerprint density at radius 2 is 1.59 bits per heavy atom. The van der Waals surface area contributed by atoms with Crippen LogP contribution in [0.4, 0.5) is 0 Å². The summed E-state index contributed by atoms with van der Waals surface area (Å²) in [4.78, 5) is 11.6. The summed E-state index contributed by atoms with van der Waals surface area (Å²) in [7, 11) is 0. The van der Waals surface area contributed by atoms with Crippen molar-refractivity contribution in [2.45, 2.75) is 32.3 Å². The van der Waals surface area contributed by atoms with E-state index in [-0.39, 0.29) is 12.4 Å². The van der Waals surface area contributed by atoms with Crippen molar-refractivity contribution in [2.75, 3.05) is 6.61 Å². The standard InChI is InChI=1S/C31H31N3O2.ClH/c1-4-11-24(12-5-1)23-36-31-22-29(28-16-10-19-32-28)34-30(31)21-26-18-17-25(33-26)13-6-3-9-20-35-27-14-7-2-8-15-27;/h1-2,4-5,7-8,10-12,14-19,21-22,32-33H,3,6,9,13,20,23H2;1H. The van der Waals surface area contributed by atoms with Crippen LogP contribution in [0.1, 0.15) is 41.9 Å². The molecule has 1 aliphatic rings. The fourth-order valence-electron chi connectivity index (χ4n) is 4.13. The molecule has 0 spiro atoms. The first kappa shape index (κ1) is 26.1. The SMILES string of the molecule is C(=C1N=C(c2ccc[nH]2)C=C1OCc1ccccc1)c1ccc(CCCCCOc2ccccc2)[nH]1.Cl. The number of aryl methyl sites for hydroxylation is 1.